The first-order valence-corrected chi connectivity index (χ1v) is 7.14. The van der Waals surface area contributed by atoms with Crippen LogP contribution in [0.5, 0.6) is 0 Å². The van der Waals surface area contributed by atoms with E-state index >= 15 is 0 Å². The number of pyridine rings is 1. The number of anilines is 1. The van der Waals surface area contributed by atoms with Crippen molar-refractivity contribution in [2.75, 3.05) is 5.32 Å². The molecule has 2 heterocycles. The van der Waals surface area contributed by atoms with E-state index in [-0.39, 0.29) is 10.8 Å². The number of hydrogen-bond acceptors (Lipinski definition) is 3. The molecule has 0 fully saturated rings. The Morgan fingerprint density at radius 2 is 2.14 bits per heavy atom. The number of nitrogens with one attached hydrogen (secondary N) is 1. The number of hydrogen-bond donors (Lipinski definition) is 1. The van der Waals surface area contributed by atoms with E-state index in [1.54, 1.807) is 12.3 Å². The number of halogens is 5. The molecule has 0 unspecified atom stereocenters. The van der Waals surface area contributed by atoms with Gasteiger partial charge in [0.15, 0.2) is 5.15 Å². The lowest BCUT2D eigenvalue weighted by Crippen LogP contribution is -2.16. The van der Waals surface area contributed by atoms with Crippen molar-refractivity contribution in [3.63, 3.8) is 0 Å². The number of alkyl halides is 3. The van der Waals surface area contributed by atoms with Gasteiger partial charge in [-0.1, -0.05) is 11.6 Å². The zero-order valence-corrected chi connectivity index (χ0v) is 13.2. The highest BCUT2D eigenvalue weighted by atomic mass is 79.9. The van der Waals surface area contributed by atoms with Crippen LogP contribution in [0.15, 0.2) is 29.1 Å². The molecule has 10 heteroatoms. The second-order valence-electron chi connectivity index (χ2n) is 4.30. The molecule has 2 aromatic rings. The van der Waals surface area contributed by atoms with E-state index in [4.69, 9.17) is 11.6 Å². The maximum atomic E-state index is 12.1. The van der Waals surface area contributed by atoms with Crippen LogP contribution in [0.1, 0.15) is 12.8 Å². The zero-order chi connectivity index (χ0) is 16.3. The minimum absolute atomic E-state index is 0.0275. The van der Waals surface area contributed by atoms with E-state index in [1.165, 1.54) is 17.1 Å². The normalized spacial score (nSPS) is 11.5. The summed E-state index contributed by atoms with van der Waals surface area (Å²) in [6.07, 6.45) is -1.76. The fraction of sp³-hybridized carbons (Fsp3) is 0.250. The molecule has 0 aliphatic heterocycles. The molecule has 22 heavy (non-hydrogen) atoms. The first-order chi connectivity index (χ1) is 10.2. The summed E-state index contributed by atoms with van der Waals surface area (Å²) < 4.78 is 38.3. The zero-order valence-electron chi connectivity index (χ0n) is 10.9. The minimum atomic E-state index is -4.38. The molecule has 0 atom stereocenters. The summed E-state index contributed by atoms with van der Waals surface area (Å²) in [5.74, 6) is -0.786. The highest BCUT2D eigenvalue weighted by Gasteiger charge is 2.28. The number of aromatic nitrogens is 3. The van der Waals surface area contributed by atoms with Crippen molar-refractivity contribution in [2.24, 2.45) is 0 Å². The first kappa shape index (κ1) is 16.8. The molecule has 0 saturated carbocycles. The third kappa shape index (κ3) is 4.70. The maximum Gasteiger partial charge on any atom is 0.389 e. The highest BCUT2D eigenvalue weighted by molar-refractivity contribution is 9.10. The van der Waals surface area contributed by atoms with Gasteiger partial charge in [-0.15, -0.1) is 0 Å². The Labute approximate surface area is 136 Å². The lowest BCUT2D eigenvalue weighted by molar-refractivity contribution is -0.142. The average Bonchev–Trinajstić information content (AvgIpc) is 2.77. The molecular formula is C12H9BrClF3N4O. The molecule has 0 aliphatic rings. The molecule has 5 nitrogen and oxygen atoms in total. The summed E-state index contributed by atoms with van der Waals surface area (Å²) in [4.78, 5) is 15.4. The summed E-state index contributed by atoms with van der Waals surface area (Å²) >= 11 is 9.12. The molecule has 1 N–H and O–H groups in total. The van der Waals surface area contributed by atoms with Gasteiger partial charge in [-0.3, -0.25) is 9.78 Å². The van der Waals surface area contributed by atoms with Gasteiger partial charge in [0, 0.05) is 17.1 Å². The van der Waals surface area contributed by atoms with E-state index < -0.39 is 24.9 Å². The van der Waals surface area contributed by atoms with E-state index in [9.17, 15) is 18.0 Å². The smallest absolute Gasteiger partial charge is 0.322 e. The summed E-state index contributed by atoms with van der Waals surface area (Å²) in [5.41, 5.74) is 0.709. The van der Waals surface area contributed by atoms with Crippen molar-refractivity contribution in [3.05, 3.63) is 34.3 Å². The van der Waals surface area contributed by atoms with Gasteiger partial charge < -0.3 is 5.32 Å². The predicted molar refractivity (Wildman–Crippen MR) is 78.0 cm³/mol. The van der Waals surface area contributed by atoms with E-state index in [2.05, 4.69) is 31.3 Å². The van der Waals surface area contributed by atoms with Gasteiger partial charge in [0.05, 0.1) is 30.2 Å². The third-order valence-corrected chi connectivity index (χ3v) is 3.25. The van der Waals surface area contributed by atoms with Crippen molar-refractivity contribution in [1.82, 2.24) is 14.8 Å². The Hall–Kier alpha value is -1.61. The van der Waals surface area contributed by atoms with Gasteiger partial charge >= 0.3 is 6.18 Å². The Kier molecular flexibility index (Phi) is 5.07. The Balaban J connectivity index is 2.09. The van der Waals surface area contributed by atoms with E-state index in [1.807, 2.05) is 0 Å². The first-order valence-electron chi connectivity index (χ1n) is 5.97. The van der Waals surface area contributed by atoms with Crippen molar-refractivity contribution in [3.8, 4) is 5.69 Å². The summed E-state index contributed by atoms with van der Waals surface area (Å²) in [5, 5.41) is 6.24. The number of nitrogens with zero attached hydrogens (tertiary/aromatic N) is 3. The number of carbonyl (C=O) groups excluding carboxylic acids is 1. The quantitative estimate of drug-likeness (QED) is 0.849. The SMILES string of the molecule is O=C(CCC(F)(F)F)Nc1cn(-c2cncc(Br)c2)nc1Cl. The molecule has 0 saturated heterocycles. The standard InChI is InChI=1S/C12H9BrClF3N4O/c13-7-3-8(5-18-4-7)21-6-9(11(14)20-21)19-10(22)1-2-12(15,16)17/h3-6H,1-2H2,(H,19,22). The van der Waals surface area contributed by atoms with Gasteiger partial charge in [-0.2, -0.15) is 18.3 Å². The molecule has 2 aromatic heterocycles. The number of amides is 1. The van der Waals surface area contributed by atoms with Crippen molar-refractivity contribution < 1.29 is 18.0 Å². The molecule has 0 bridgehead atoms. The van der Waals surface area contributed by atoms with Crippen LogP contribution in [0, 0.1) is 0 Å². The monoisotopic (exact) mass is 396 g/mol. The Bertz CT molecular complexity index is 689. The third-order valence-electron chi connectivity index (χ3n) is 2.53. The predicted octanol–water partition coefficient (Wildman–Crippen LogP) is 3.96. The van der Waals surface area contributed by atoms with Gasteiger partial charge in [0.1, 0.15) is 0 Å². The lowest BCUT2D eigenvalue weighted by atomic mass is 10.3. The average molecular weight is 398 g/mol. The number of carbonyl (C=O) groups is 1. The molecular weight excluding hydrogens is 389 g/mol. The van der Waals surface area contributed by atoms with E-state index in [0.717, 1.165) is 0 Å². The van der Waals surface area contributed by atoms with Crippen molar-refractivity contribution in [1.29, 1.82) is 0 Å². The maximum absolute atomic E-state index is 12.1. The molecule has 1 amide bonds. The van der Waals surface area contributed by atoms with Crippen molar-refractivity contribution >= 4 is 39.1 Å². The van der Waals surface area contributed by atoms with Crippen LogP contribution in [0.25, 0.3) is 5.69 Å². The minimum Gasteiger partial charge on any atom is -0.322 e. The lowest BCUT2D eigenvalue weighted by Gasteiger charge is -2.06. The Morgan fingerprint density at radius 3 is 2.77 bits per heavy atom. The second-order valence-corrected chi connectivity index (χ2v) is 5.58. The summed E-state index contributed by atoms with van der Waals surface area (Å²) in [6, 6.07) is 1.71. The van der Waals surface area contributed by atoms with Crippen LogP contribution < -0.4 is 5.32 Å². The van der Waals surface area contributed by atoms with Crippen LogP contribution in [0.2, 0.25) is 5.15 Å². The fourth-order valence-electron chi connectivity index (χ4n) is 1.56. The molecule has 2 rings (SSSR count). The largest absolute Gasteiger partial charge is 0.389 e. The highest BCUT2D eigenvalue weighted by Crippen LogP contribution is 2.25. The van der Waals surface area contributed by atoms with Crippen LogP contribution in [0.3, 0.4) is 0 Å². The van der Waals surface area contributed by atoms with E-state index in [0.29, 0.717) is 10.2 Å². The fourth-order valence-corrected chi connectivity index (χ4v) is 2.09. The molecule has 0 spiro atoms. The van der Waals surface area contributed by atoms with Crippen LogP contribution in [-0.4, -0.2) is 26.8 Å². The molecule has 118 valence electrons. The van der Waals surface area contributed by atoms with Crippen LogP contribution in [-0.2, 0) is 4.79 Å². The second kappa shape index (κ2) is 6.66. The van der Waals surface area contributed by atoms with Crippen molar-refractivity contribution in [2.45, 2.75) is 19.0 Å². The summed E-state index contributed by atoms with van der Waals surface area (Å²) in [7, 11) is 0. The summed E-state index contributed by atoms with van der Waals surface area (Å²) in [6.45, 7) is 0. The molecule has 0 aromatic carbocycles. The Morgan fingerprint density at radius 1 is 1.41 bits per heavy atom. The van der Waals surface area contributed by atoms with Gasteiger partial charge in [-0.05, 0) is 22.0 Å². The number of rotatable bonds is 4. The van der Waals surface area contributed by atoms with Gasteiger partial charge in [-0.25, -0.2) is 4.68 Å². The topological polar surface area (TPSA) is 59.8 Å². The van der Waals surface area contributed by atoms with Gasteiger partial charge in [0.25, 0.3) is 0 Å². The molecule has 0 aliphatic carbocycles. The van der Waals surface area contributed by atoms with Gasteiger partial charge in [0.2, 0.25) is 5.91 Å². The van der Waals surface area contributed by atoms with Crippen LogP contribution >= 0.6 is 27.5 Å². The molecule has 0 radical (unpaired) electrons. The van der Waals surface area contributed by atoms with Crippen LogP contribution in [0.4, 0.5) is 18.9 Å².